The van der Waals surface area contributed by atoms with E-state index in [-0.39, 0.29) is 18.0 Å². The Bertz CT molecular complexity index is 759. The van der Waals surface area contributed by atoms with E-state index in [0.717, 1.165) is 0 Å². The second-order valence-electron chi connectivity index (χ2n) is 6.51. The summed E-state index contributed by atoms with van der Waals surface area (Å²) < 4.78 is 0. The molecule has 0 fully saturated rings. The maximum atomic E-state index is 2.26. The van der Waals surface area contributed by atoms with Gasteiger partial charge in [-0.25, -0.2) is 0 Å². The second-order valence-corrected chi connectivity index (χ2v) is 6.51. The molecule has 0 saturated carbocycles. The summed E-state index contributed by atoms with van der Waals surface area (Å²) in [5, 5.41) is 0. The molecule has 26 heavy (non-hydrogen) atoms. The summed E-state index contributed by atoms with van der Waals surface area (Å²) in [5.74, 6) is 0. The van der Waals surface area contributed by atoms with Crippen LogP contribution in [0, 0.1) is 0 Å². The van der Waals surface area contributed by atoms with Gasteiger partial charge in [0.15, 0.2) is 0 Å². The van der Waals surface area contributed by atoms with Crippen LogP contribution in [0.3, 0.4) is 0 Å². The van der Waals surface area contributed by atoms with Crippen LogP contribution in [0.5, 0.6) is 0 Å². The zero-order chi connectivity index (χ0) is 17.0. The SMILES string of the molecule is [As+].c1ccc([B-](c2ccccc2)(c2ccccc2)c2ccccc2)cc1. The second kappa shape index (κ2) is 8.26. The number of rotatable bonds is 4. The normalized spacial score (nSPS) is 10.8. The molecule has 2 heteroatoms. The van der Waals surface area contributed by atoms with E-state index in [4.69, 9.17) is 0 Å². The van der Waals surface area contributed by atoms with Crippen molar-refractivity contribution in [1.82, 2.24) is 0 Å². The Morgan fingerprint density at radius 3 is 0.692 bits per heavy atom. The third-order valence-corrected chi connectivity index (χ3v) is 5.20. The first-order valence-electron chi connectivity index (χ1n) is 8.80. The van der Waals surface area contributed by atoms with Crippen LogP contribution < -0.4 is 21.9 Å². The van der Waals surface area contributed by atoms with Gasteiger partial charge in [0.25, 0.3) is 0 Å². The van der Waals surface area contributed by atoms with Crippen LogP contribution in [0.1, 0.15) is 0 Å². The molecule has 0 heterocycles. The molecule has 0 unspecified atom stereocenters. The molecule has 0 aromatic heterocycles. The Hall–Kier alpha value is -2.50. The van der Waals surface area contributed by atoms with E-state index in [0.29, 0.717) is 0 Å². The molecule has 4 radical (unpaired) electrons. The van der Waals surface area contributed by atoms with Crippen molar-refractivity contribution in [1.29, 1.82) is 0 Å². The first-order valence-corrected chi connectivity index (χ1v) is 8.80. The minimum atomic E-state index is -1.22. The van der Waals surface area contributed by atoms with Gasteiger partial charge in [-0.1, -0.05) is 121 Å². The molecule has 0 spiro atoms. The smallest absolute Gasteiger partial charge is 0.195 e. The average Bonchev–Trinajstić information content (AvgIpc) is 2.72. The monoisotopic (exact) mass is 394 g/mol. The van der Waals surface area contributed by atoms with Gasteiger partial charge in [0.1, 0.15) is 6.15 Å². The third kappa shape index (κ3) is 3.16. The fourth-order valence-electron chi connectivity index (χ4n) is 4.12. The van der Waals surface area contributed by atoms with Crippen LogP contribution in [-0.4, -0.2) is 24.1 Å². The van der Waals surface area contributed by atoms with E-state index in [1.165, 1.54) is 21.9 Å². The van der Waals surface area contributed by atoms with E-state index in [1.54, 1.807) is 0 Å². The molecule has 0 nitrogen and oxygen atoms in total. The van der Waals surface area contributed by atoms with Crippen LogP contribution in [0.2, 0.25) is 0 Å². The standard InChI is InChI=1S/C24H20B.As/c1-5-13-21(14-6-1)25(22-15-7-2-8-16-22,23-17-9-3-10-18-23)24-19-11-4-12-20-24;/h1-20H;/q-1;+1. The van der Waals surface area contributed by atoms with Crippen molar-refractivity contribution in [2.45, 2.75) is 0 Å². The molecule has 124 valence electrons. The first-order chi connectivity index (χ1) is 12.4. The predicted molar refractivity (Wildman–Crippen MR) is 116 cm³/mol. The molecule has 0 N–H and O–H groups in total. The summed E-state index contributed by atoms with van der Waals surface area (Å²) in [6, 6.07) is 43.5. The van der Waals surface area contributed by atoms with Crippen LogP contribution in [0.25, 0.3) is 0 Å². The molecule has 0 aliphatic carbocycles. The van der Waals surface area contributed by atoms with Gasteiger partial charge in [0, 0.05) is 0 Å². The van der Waals surface area contributed by atoms with Gasteiger partial charge in [-0.15, -0.1) is 0 Å². The van der Waals surface area contributed by atoms with E-state index in [9.17, 15) is 0 Å². The molecular weight excluding hydrogens is 374 g/mol. The van der Waals surface area contributed by atoms with Crippen molar-refractivity contribution >= 4 is 46.0 Å². The Morgan fingerprint density at radius 1 is 0.308 bits per heavy atom. The van der Waals surface area contributed by atoms with Crippen LogP contribution in [-0.2, 0) is 0 Å². The van der Waals surface area contributed by atoms with E-state index >= 15 is 0 Å². The summed E-state index contributed by atoms with van der Waals surface area (Å²) >= 11 is 0. The van der Waals surface area contributed by atoms with Crippen molar-refractivity contribution in [2.24, 2.45) is 0 Å². The van der Waals surface area contributed by atoms with Crippen molar-refractivity contribution in [3.8, 4) is 0 Å². The summed E-state index contributed by atoms with van der Waals surface area (Å²) in [7, 11) is 0. The van der Waals surface area contributed by atoms with Crippen LogP contribution >= 0.6 is 0 Å². The molecule has 0 bridgehead atoms. The quantitative estimate of drug-likeness (QED) is 0.467. The summed E-state index contributed by atoms with van der Waals surface area (Å²) in [5.41, 5.74) is 5.36. The molecule has 0 aliphatic rings. The van der Waals surface area contributed by atoms with Crippen molar-refractivity contribution in [3.05, 3.63) is 121 Å². The molecule has 0 atom stereocenters. The Morgan fingerprint density at radius 2 is 0.500 bits per heavy atom. The zero-order valence-electron chi connectivity index (χ0n) is 14.6. The third-order valence-electron chi connectivity index (χ3n) is 5.20. The van der Waals surface area contributed by atoms with Gasteiger partial charge in [-0.2, -0.15) is 21.9 Å². The van der Waals surface area contributed by atoms with Crippen LogP contribution in [0.4, 0.5) is 0 Å². The molecule has 4 aromatic rings. The maximum Gasteiger partial charge on any atom is 1.00 e. The predicted octanol–water partition coefficient (Wildman–Crippen LogP) is 2.68. The molecule has 4 rings (SSSR count). The molecule has 0 amide bonds. The molecule has 4 aromatic carbocycles. The molecular formula is C24H20AsB. The average molecular weight is 394 g/mol. The number of benzene rings is 4. The van der Waals surface area contributed by atoms with Crippen molar-refractivity contribution in [3.63, 3.8) is 0 Å². The van der Waals surface area contributed by atoms with E-state index in [2.05, 4.69) is 121 Å². The van der Waals surface area contributed by atoms with Gasteiger partial charge in [-0.05, 0) is 0 Å². The summed E-state index contributed by atoms with van der Waals surface area (Å²) in [6.45, 7) is 0. The molecule has 0 aliphatic heterocycles. The van der Waals surface area contributed by atoms with Crippen molar-refractivity contribution < 1.29 is 0 Å². The Balaban J connectivity index is 0.00000196. The fraction of sp³-hybridized carbons (Fsp3) is 0. The first kappa shape index (κ1) is 18.3. The van der Waals surface area contributed by atoms with Crippen LogP contribution in [0.15, 0.2) is 121 Å². The van der Waals surface area contributed by atoms with E-state index < -0.39 is 6.15 Å². The Kier molecular flexibility index (Phi) is 5.81. The minimum Gasteiger partial charge on any atom is -0.195 e. The van der Waals surface area contributed by atoms with Crippen molar-refractivity contribution in [2.75, 3.05) is 0 Å². The van der Waals surface area contributed by atoms with E-state index in [1.807, 2.05) is 0 Å². The van der Waals surface area contributed by atoms with Gasteiger partial charge >= 0.3 is 18.0 Å². The summed E-state index contributed by atoms with van der Waals surface area (Å²) in [4.78, 5) is 0. The summed E-state index contributed by atoms with van der Waals surface area (Å²) in [6.07, 6.45) is -1.22. The van der Waals surface area contributed by atoms with Gasteiger partial charge in [0.05, 0.1) is 0 Å². The zero-order valence-corrected chi connectivity index (χ0v) is 16.4. The fourth-order valence-corrected chi connectivity index (χ4v) is 4.12. The topological polar surface area (TPSA) is 0 Å². The number of hydrogen-bond donors (Lipinski definition) is 0. The number of hydrogen-bond acceptors (Lipinski definition) is 0. The maximum absolute atomic E-state index is 2.26. The van der Waals surface area contributed by atoms with Gasteiger partial charge < -0.3 is 0 Å². The van der Waals surface area contributed by atoms with Gasteiger partial charge in [0.2, 0.25) is 0 Å². The van der Waals surface area contributed by atoms with Gasteiger partial charge in [-0.3, -0.25) is 0 Å². The Labute approximate surface area is 167 Å². The molecule has 0 saturated heterocycles. The largest absolute Gasteiger partial charge is 1.00 e. The minimum absolute atomic E-state index is 0.